The Balaban J connectivity index is 1.54. The lowest BCUT2D eigenvalue weighted by Gasteiger charge is -2.09. The Labute approximate surface area is 184 Å². The van der Waals surface area contributed by atoms with E-state index in [0.29, 0.717) is 17.1 Å². The number of benzene rings is 2. The standard InChI is InChI=1S/C23H23NO6S/c1-16(25)31-14-19(11-18-7-8-20-21(12-18)30-15-29-20)23(27)24-10-9-22(26)28-13-17-5-3-2-4-6-17/h2-8,11-12H,9-10,13-15H2,1H3,(H,24,27)/b19-11+. The van der Waals surface area contributed by atoms with E-state index in [1.807, 2.05) is 30.3 Å². The number of ether oxygens (including phenoxy) is 3. The first kappa shape index (κ1) is 22.4. The second-order valence-corrected chi connectivity index (χ2v) is 7.87. The maximum Gasteiger partial charge on any atom is 0.307 e. The number of rotatable bonds is 9. The van der Waals surface area contributed by atoms with Crippen molar-refractivity contribution in [1.82, 2.24) is 5.32 Å². The molecule has 0 aliphatic carbocycles. The SMILES string of the molecule is CC(=O)SC/C(=C\c1ccc2c(c1)OCO2)C(=O)NCCC(=O)OCc1ccccc1. The molecule has 0 aromatic heterocycles. The van der Waals surface area contributed by atoms with Gasteiger partial charge in [0.2, 0.25) is 12.7 Å². The number of hydrogen-bond donors (Lipinski definition) is 1. The predicted octanol–water partition coefficient (Wildman–Crippen LogP) is 3.33. The third-order valence-electron chi connectivity index (χ3n) is 4.32. The van der Waals surface area contributed by atoms with Crippen molar-refractivity contribution < 1.29 is 28.6 Å². The minimum atomic E-state index is -0.399. The summed E-state index contributed by atoms with van der Waals surface area (Å²) >= 11 is 1.04. The second-order valence-electron chi connectivity index (χ2n) is 6.71. The van der Waals surface area contributed by atoms with Crippen LogP contribution in [0.25, 0.3) is 6.08 Å². The van der Waals surface area contributed by atoms with E-state index in [2.05, 4.69) is 5.32 Å². The molecule has 1 aliphatic rings. The average Bonchev–Trinajstić information content (AvgIpc) is 3.23. The summed E-state index contributed by atoms with van der Waals surface area (Å²) in [5.41, 5.74) is 2.06. The van der Waals surface area contributed by atoms with Crippen molar-refractivity contribution >= 4 is 34.8 Å². The van der Waals surface area contributed by atoms with Crippen LogP contribution in [0.2, 0.25) is 0 Å². The van der Waals surface area contributed by atoms with Gasteiger partial charge in [0.1, 0.15) is 6.61 Å². The van der Waals surface area contributed by atoms with E-state index in [9.17, 15) is 14.4 Å². The van der Waals surface area contributed by atoms with Gasteiger partial charge < -0.3 is 19.5 Å². The molecule has 0 radical (unpaired) electrons. The summed E-state index contributed by atoms with van der Waals surface area (Å²) in [6.45, 7) is 1.94. The molecule has 0 unspecified atom stereocenters. The van der Waals surface area contributed by atoms with Crippen LogP contribution in [0.5, 0.6) is 11.5 Å². The molecule has 2 aromatic rings. The van der Waals surface area contributed by atoms with E-state index < -0.39 is 5.97 Å². The van der Waals surface area contributed by atoms with Gasteiger partial charge in [-0.25, -0.2) is 0 Å². The fourth-order valence-electron chi connectivity index (χ4n) is 2.76. The zero-order valence-corrected chi connectivity index (χ0v) is 17.9. The maximum atomic E-state index is 12.6. The molecule has 1 N–H and O–H groups in total. The fraction of sp³-hybridized carbons (Fsp3) is 0.261. The third kappa shape index (κ3) is 7.18. The monoisotopic (exact) mass is 441 g/mol. The molecule has 162 valence electrons. The van der Waals surface area contributed by atoms with Crippen LogP contribution in [0, 0.1) is 0 Å². The molecule has 0 saturated carbocycles. The molecule has 0 saturated heterocycles. The van der Waals surface area contributed by atoms with Gasteiger partial charge in [0.15, 0.2) is 16.6 Å². The van der Waals surface area contributed by atoms with Gasteiger partial charge >= 0.3 is 5.97 Å². The van der Waals surface area contributed by atoms with Crippen molar-refractivity contribution in [1.29, 1.82) is 0 Å². The zero-order chi connectivity index (χ0) is 22.1. The van der Waals surface area contributed by atoms with Crippen molar-refractivity contribution in [3.05, 3.63) is 65.2 Å². The molecule has 0 spiro atoms. The second kappa shape index (κ2) is 11.2. The number of carbonyl (C=O) groups excluding carboxylic acids is 3. The van der Waals surface area contributed by atoms with Crippen molar-refractivity contribution in [2.45, 2.75) is 20.0 Å². The summed E-state index contributed by atoms with van der Waals surface area (Å²) < 4.78 is 15.9. The lowest BCUT2D eigenvalue weighted by atomic mass is 10.1. The van der Waals surface area contributed by atoms with Gasteiger partial charge in [-0.1, -0.05) is 48.2 Å². The van der Waals surface area contributed by atoms with Crippen molar-refractivity contribution in [2.75, 3.05) is 19.1 Å². The Morgan fingerprint density at radius 3 is 2.65 bits per heavy atom. The van der Waals surface area contributed by atoms with Gasteiger partial charge in [-0.3, -0.25) is 14.4 Å². The molecule has 0 bridgehead atoms. The predicted molar refractivity (Wildman–Crippen MR) is 118 cm³/mol. The molecule has 31 heavy (non-hydrogen) atoms. The van der Waals surface area contributed by atoms with Crippen molar-refractivity contribution in [3.63, 3.8) is 0 Å². The van der Waals surface area contributed by atoms with Crippen LogP contribution in [-0.2, 0) is 25.7 Å². The van der Waals surface area contributed by atoms with Gasteiger partial charge in [-0.05, 0) is 29.3 Å². The van der Waals surface area contributed by atoms with E-state index in [-0.39, 0.29) is 43.1 Å². The number of nitrogens with one attached hydrogen (secondary N) is 1. The largest absolute Gasteiger partial charge is 0.461 e. The molecular formula is C23H23NO6S. The highest BCUT2D eigenvalue weighted by atomic mass is 32.2. The topological polar surface area (TPSA) is 90.9 Å². The molecule has 2 aromatic carbocycles. The molecule has 7 nitrogen and oxygen atoms in total. The third-order valence-corrected chi connectivity index (χ3v) is 5.18. The Morgan fingerprint density at radius 2 is 1.87 bits per heavy atom. The molecule has 3 rings (SSSR count). The number of esters is 1. The molecular weight excluding hydrogens is 418 g/mol. The first-order chi connectivity index (χ1) is 15.0. The van der Waals surface area contributed by atoms with E-state index in [1.54, 1.807) is 24.3 Å². The molecule has 0 atom stereocenters. The maximum absolute atomic E-state index is 12.6. The smallest absolute Gasteiger partial charge is 0.307 e. The molecule has 8 heteroatoms. The van der Waals surface area contributed by atoms with E-state index in [1.165, 1.54) is 6.92 Å². The van der Waals surface area contributed by atoms with E-state index in [4.69, 9.17) is 14.2 Å². The summed E-state index contributed by atoms with van der Waals surface area (Å²) in [7, 11) is 0. The minimum Gasteiger partial charge on any atom is -0.461 e. The van der Waals surface area contributed by atoms with Gasteiger partial charge in [0.25, 0.3) is 0 Å². The van der Waals surface area contributed by atoms with E-state index in [0.717, 1.165) is 22.9 Å². The number of carbonyl (C=O) groups is 3. The average molecular weight is 442 g/mol. The van der Waals surface area contributed by atoms with Crippen LogP contribution in [0.15, 0.2) is 54.1 Å². The highest BCUT2D eigenvalue weighted by Crippen LogP contribution is 2.33. The Morgan fingerprint density at radius 1 is 1.10 bits per heavy atom. The van der Waals surface area contributed by atoms with Crippen LogP contribution in [0.3, 0.4) is 0 Å². The quantitative estimate of drug-likeness (QED) is 0.471. The number of hydrogen-bond acceptors (Lipinski definition) is 7. The van der Waals surface area contributed by atoms with E-state index >= 15 is 0 Å². The van der Waals surface area contributed by atoms with Crippen molar-refractivity contribution in [3.8, 4) is 11.5 Å². The van der Waals surface area contributed by atoms with Gasteiger partial charge in [-0.15, -0.1) is 0 Å². The van der Waals surface area contributed by atoms with Gasteiger partial charge in [-0.2, -0.15) is 0 Å². The van der Waals surface area contributed by atoms with Crippen LogP contribution in [0.4, 0.5) is 0 Å². The number of thioether (sulfide) groups is 1. The van der Waals surface area contributed by atoms with Crippen LogP contribution >= 0.6 is 11.8 Å². The lowest BCUT2D eigenvalue weighted by Crippen LogP contribution is -2.28. The molecule has 0 fully saturated rings. The summed E-state index contributed by atoms with van der Waals surface area (Å²) in [5.74, 6) is 0.726. The van der Waals surface area contributed by atoms with Crippen LogP contribution < -0.4 is 14.8 Å². The normalized spacial score (nSPS) is 12.4. The number of fused-ring (bicyclic) bond motifs is 1. The highest BCUT2D eigenvalue weighted by Gasteiger charge is 2.15. The molecule has 1 heterocycles. The minimum absolute atomic E-state index is 0.0513. The van der Waals surface area contributed by atoms with Gasteiger partial charge in [0.05, 0.1) is 6.42 Å². The lowest BCUT2D eigenvalue weighted by molar-refractivity contribution is -0.144. The summed E-state index contributed by atoms with van der Waals surface area (Å²) in [6.07, 6.45) is 1.75. The number of amides is 1. The highest BCUT2D eigenvalue weighted by molar-refractivity contribution is 8.13. The fourth-order valence-corrected chi connectivity index (χ4v) is 3.33. The summed E-state index contributed by atoms with van der Waals surface area (Å²) in [5, 5.41) is 2.63. The summed E-state index contributed by atoms with van der Waals surface area (Å²) in [6, 6.07) is 14.7. The first-order valence-corrected chi connectivity index (χ1v) is 10.7. The van der Waals surface area contributed by atoms with Gasteiger partial charge in [0, 0.05) is 24.8 Å². The van der Waals surface area contributed by atoms with Crippen LogP contribution in [-0.4, -0.2) is 36.1 Å². The molecule has 1 amide bonds. The van der Waals surface area contributed by atoms with Crippen LogP contribution in [0.1, 0.15) is 24.5 Å². The Hall–Kier alpha value is -3.26. The first-order valence-electron chi connectivity index (χ1n) is 9.72. The zero-order valence-electron chi connectivity index (χ0n) is 17.1. The van der Waals surface area contributed by atoms with Crippen molar-refractivity contribution in [2.24, 2.45) is 0 Å². The summed E-state index contributed by atoms with van der Waals surface area (Å²) in [4.78, 5) is 35.9. The Kier molecular flexibility index (Phi) is 8.12. The molecule has 1 aliphatic heterocycles. The Bertz CT molecular complexity index is 973.